The predicted molar refractivity (Wildman–Crippen MR) is 49.8 cm³/mol. The molecule has 0 radical (unpaired) electrons. The van der Waals surface area contributed by atoms with Crippen molar-refractivity contribution in [2.24, 2.45) is 5.73 Å². The highest BCUT2D eigenvalue weighted by Crippen LogP contribution is 2.32. The third kappa shape index (κ3) is 2.89. The second-order valence-corrected chi connectivity index (χ2v) is 2.79. The Balaban J connectivity index is 3.20. The molecule has 0 bridgehead atoms. The van der Waals surface area contributed by atoms with E-state index in [1.165, 1.54) is 7.11 Å². The maximum absolute atomic E-state index is 12.1. The van der Waals surface area contributed by atoms with Gasteiger partial charge in [-0.3, -0.25) is 0 Å². The molecule has 0 amide bonds. The van der Waals surface area contributed by atoms with Crippen molar-refractivity contribution in [3.05, 3.63) is 11.6 Å². The highest BCUT2D eigenvalue weighted by atomic mass is 19.4. The van der Waals surface area contributed by atoms with E-state index in [-0.39, 0.29) is 23.8 Å². The van der Waals surface area contributed by atoms with E-state index in [4.69, 9.17) is 16.2 Å². The number of nitrogens with zero attached hydrogens (tertiary/aromatic N) is 1. The zero-order valence-corrected chi connectivity index (χ0v) is 8.34. The van der Waals surface area contributed by atoms with Gasteiger partial charge in [0.05, 0.1) is 12.7 Å². The molecule has 0 spiro atoms. The van der Waals surface area contributed by atoms with E-state index in [1.807, 2.05) is 0 Å². The van der Waals surface area contributed by atoms with Crippen LogP contribution in [0.3, 0.4) is 0 Å². The Bertz CT molecular complexity index is 382. The molecule has 0 unspecified atom stereocenters. The van der Waals surface area contributed by atoms with Crippen LogP contribution in [0.2, 0.25) is 0 Å². The second-order valence-electron chi connectivity index (χ2n) is 2.79. The number of pyridine rings is 1. The van der Waals surface area contributed by atoms with Crippen molar-refractivity contribution in [2.75, 3.05) is 12.8 Å². The third-order valence-electron chi connectivity index (χ3n) is 1.69. The highest BCUT2D eigenvalue weighted by Gasteiger charge is 2.33. The number of anilines is 1. The summed E-state index contributed by atoms with van der Waals surface area (Å²) in [6, 6.07) is 0.943. The quantitative estimate of drug-likeness (QED) is 0.820. The fraction of sp³-hybridized carbons (Fsp3) is 0.375. The van der Waals surface area contributed by atoms with Crippen molar-refractivity contribution in [3.63, 3.8) is 0 Å². The van der Waals surface area contributed by atoms with Gasteiger partial charge in [0.1, 0.15) is 11.6 Å². The lowest BCUT2D eigenvalue weighted by Crippen LogP contribution is -2.19. The van der Waals surface area contributed by atoms with Gasteiger partial charge >= 0.3 is 6.36 Å². The van der Waals surface area contributed by atoms with Gasteiger partial charge in [-0.2, -0.15) is 4.98 Å². The van der Waals surface area contributed by atoms with Crippen molar-refractivity contribution >= 4 is 5.82 Å². The molecule has 1 heterocycles. The van der Waals surface area contributed by atoms with Crippen molar-refractivity contribution in [1.29, 1.82) is 0 Å². The first-order valence-corrected chi connectivity index (χ1v) is 4.16. The van der Waals surface area contributed by atoms with Crippen LogP contribution in [0.4, 0.5) is 19.0 Å². The van der Waals surface area contributed by atoms with Crippen LogP contribution in [0.25, 0.3) is 0 Å². The number of methoxy groups -OCH3 is 1. The van der Waals surface area contributed by atoms with E-state index >= 15 is 0 Å². The second kappa shape index (κ2) is 4.44. The zero-order valence-electron chi connectivity index (χ0n) is 8.34. The van der Waals surface area contributed by atoms with Gasteiger partial charge in [0, 0.05) is 12.6 Å². The summed E-state index contributed by atoms with van der Waals surface area (Å²) in [5, 5.41) is 0. The summed E-state index contributed by atoms with van der Waals surface area (Å²) >= 11 is 0. The number of hydrogen-bond acceptors (Lipinski definition) is 5. The summed E-state index contributed by atoms with van der Waals surface area (Å²) in [6.07, 6.45) is -4.82. The lowest BCUT2D eigenvalue weighted by molar-refractivity contribution is -0.274. The molecule has 16 heavy (non-hydrogen) atoms. The Hall–Kier alpha value is -1.70. The number of nitrogen functional groups attached to an aromatic ring is 1. The van der Waals surface area contributed by atoms with Gasteiger partial charge in [-0.15, -0.1) is 13.2 Å². The van der Waals surface area contributed by atoms with E-state index in [0.717, 1.165) is 6.07 Å². The molecule has 0 aliphatic rings. The first-order chi connectivity index (χ1) is 7.37. The molecular weight excluding hydrogens is 227 g/mol. The van der Waals surface area contributed by atoms with E-state index in [1.54, 1.807) is 0 Å². The average Bonchev–Trinajstić information content (AvgIpc) is 2.14. The Morgan fingerprint density at radius 1 is 1.44 bits per heavy atom. The van der Waals surface area contributed by atoms with E-state index < -0.39 is 12.1 Å². The predicted octanol–water partition coefficient (Wildman–Crippen LogP) is 1.03. The highest BCUT2D eigenvalue weighted by molar-refractivity contribution is 5.48. The maximum atomic E-state index is 12.1. The Morgan fingerprint density at radius 3 is 2.50 bits per heavy atom. The van der Waals surface area contributed by atoms with Crippen LogP contribution in [0.5, 0.6) is 11.6 Å². The summed E-state index contributed by atoms with van der Waals surface area (Å²) < 4.78 is 44.7. The standard InChI is InChI=1S/C8H10F3N3O2/c1-15-7-4(3-12)5(2-6(13)14-7)16-8(9,10)11/h2H,3,12H2,1H3,(H2,13,14). The molecule has 1 aromatic heterocycles. The average molecular weight is 237 g/mol. The van der Waals surface area contributed by atoms with Crippen LogP contribution in [-0.2, 0) is 6.54 Å². The van der Waals surface area contributed by atoms with Crippen molar-refractivity contribution in [3.8, 4) is 11.6 Å². The maximum Gasteiger partial charge on any atom is 0.573 e. The number of alkyl halides is 3. The molecule has 1 rings (SSSR count). The molecule has 0 aliphatic carbocycles. The Kier molecular flexibility index (Phi) is 3.43. The summed E-state index contributed by atoms with van der Waals surface area (Å²) in [5.41, 5.74) is 10.6. The van der Waals surface area contributed by atoms with Crippen LogP contribution in [0, 0.1) is 0 Å². The molecule has 8 heteroatoms. The van der Waals surface area contributed by atoms with Crippen molar-refractivity contribution in [2.45, 2.75) is 12.9 Å². The van der Waals surface area contributed by atoms with Crippen LogP contribution >= 0.6 is 0 Å². The third-order valence-corrected chi connectivity index (χ3v) is 1.69. The van der Waals surface area contributed by atoms with Crippen molar-refractivity contribution in [1.82, 2.24) is 4.98 Å². The van der Waals surface area contributed by atoms with Crippen LogP contribution in [-0.4, -0.2) is 18.5 Å². The number of halogens is 3. The number of nitrogens with two attached hydrogens (primary N) is 2. The van der Waals surface area contributed by atoms with Gasteiger partial charge < -0.3 is 20.9 Å². The minimum Gasteiger partial charge on any atom is -0.481 e. The minimum absolute atomic E-state index is 0.00836. The van der Waals surface area contributed by atoms with Gasteiger partial charge in [0.15, 0.2) is 0 Å². The van der Waals surface area contributed by atoms with Gasteiger partial charge in [-0.25, -0.2) is 0 Å². The summed E-state index contributed by atoms with van der Waals surface area (Å²) in [4.78, 5) is 3.68. The van der Waals surface area contributed by atoms with E-state index in [9.17, 15) is 13.2 Å². The first-order valence-electron chi connectivity index (χ1n) is 4.16. The molecule has 0 saturated carbocycles. The topological polar surface area (TPSA) is 83.4 Å². The molecule has 4 N–H and O–H groups in total. The molecular formula is C8H10F3N3O2. The summed E-state index contributed by atoms with van der Waals surface area (Å²) in [7, 11) is 1.25. The largest absolute Gasteiger partial charge is 0.573 e. The molecule has 0 saturated heterocycles. The fourth-order valence-corrected chi connectivity index (χ4v) is 1.12. The summed E-state index contributed by atoms with van der Waals surface area (Å²) in [5.74, 6) is -0.727. The summed E-state index contributed by atoms with van der Waals surface area (Å²) in [6.45, 7) is -0.206. The Labute approximate surface area is 89.1 Å². The number of aromatic nitrogens is 1. The fourth-order valence-electron chi connectivity index (χ4n) is 1.12. The Morgan fingerprint density at radius 2 is 2.06 bits per heavy atom. The smallest absolute Gasteiger partial charge is 0.481 e. The molecule has 0 fully saturated rings. The molecule has 90 valence electrons. The van der Waals surface area contributed by atoms with Gasteiger partial charge in [0.25, 0.3) is 0 Å². The number of hydrogen-bond donors (Lipinski definition) is 2. The minimum atomic E-state index is -4.82. The lowest BCUT2D eigenvalue weighted by atomic mass is 10.2. The normalized spacial score (nSPS) is 11.3. The zero-order chi connectivity index (χ0) is 12.3. The SMILES string of the molecule is COc1nc(N)cc(OC(F)(F)F)c1CN. The van der Waals surface area contributed by atoms with Crippen LogP contribution in [0.15, 0.2) is 6.07 Å². The van der Waals surface area contributed by atoms with Crippen molar-refractivity contribution < 1.29 is 22.6 Å². The molecule has 0 aliphatic heterocycles. The monoisotopic (exact) mass is 237 g/mol. The lowest BCUT2D eigenvalue weighted by Gasteiger charge is -2.14. The van der Waals surface area contributed by atoms with Crippen LogP contribution in [0.1, 0.15) is 5.56 Å². The van der Waals surface area contributed by atoms with Gasteiger partial charge in [-0.1, -0.05) is 0 Å². The van der Waals surface area contributed by atoms with Gasteiger partial charge in [0.2, 0.25) is 5.88 Å². The van der Waals surface area contributed by atoms with Gasteiger partial charge in [-0.05, 0) is 0 Å². The molecule has 0 atom stereocenters. The first kappa shape index (κ1) is 12.4. The van der Waals surface area contributed by atoms with E-state index in [0.29, 0.717) is 0 Å². The molecule has 1 aromatic rings. The number of ether oxygens (including phenoxy) is 2. The van der Waals surface area contributed by atoms with E-state index in [2.05, 4.69) is 9.72 Å². The molecule has 5 nitrogen and oxygen atoms in total. The van der Waals surface area contributed by atoms with Crippen LogP contribution < -0.4 is 20.9 Å². The number of rotatable bonds is 3. The molecule has 0 aromatic carbocycles.